The van der Waals surface area contributed by atoms with Crippen LogP contribution >= 0.6 is 15.9 Å². The van der Waals surface area contributed by atoms with E-state index in [0.29, 0.717) is 0 Å². The van der Waals surface area contributed by atoms with Crippen LogP contribution in [-0.2, 0) is 0 Å². The van der Waals surface area contributed by atoms with E-state index in [9.17, 15) is 0 Å². The molecule has 28 heavy (non-hydrogen) atoms. The fraction of sp³-hybridized carbons (Fsp3) is 0. The van der Waals surface area contributed by atoms with E-state index in [4.69, 9.17) is 0 Å². The van der Waals surface area contributed by atoms with Crippen LogP contribution in [0.25, 0.3) is 12.2 Å². The fourth-order valence-corrected chi connectivity index (χ4v) is 3.56. The van der Waals surface area contributed by atoms with Crippen LogP contribution in [0.3, 0.4) is 0 Å². The molecule has 0 spiro atoms. The molecule has 0 aromatic heterocycles. The minimum absolute atomic E-state index is 1.09. The molecule has 0 aliphatic carbocycles. The highest BCUT2D eigenvalue weighted by atomic mass is 79.9. The van der Waals surface area contributed by atoms with Gasteiger partial charge in [-0.1, -0.05) is 88.7 Å². The van der Waals surface area contributed by atoms with Gasteiger partial charge in [0.15, 0.2) is 0 Å². The zero-order valence-electron chi connectivity index (χ0n) is 15.4. The van der Waals surface area contributed by atoms with Crippen molar-refractivity contribution >= 4 is 45.1 Å². The van der Waals surface area contributed by atoms with E-state index >= 15 is 0 Å². The fourth-order valence-electron chi connectivity index (χ4n) is 3.14. The third-order valence-corrected chi connectivity index (χ3v) is 4.99. The van der Waals surface area contributed by atoms with Gasteiger partial charge in [0.1, 0.15) is 0 Å². The second-order valence-corrected chi connectivity index (χ2v) is 7.40. The lowest BCUT2D eigenvalue weighted by atomic mass is 10.1. The number of rotatable bonds is 5. The van der Waals surface area contributed by atoms with Gasteiger partial charge >= 0.3 is 0 Å². The summed E-state index contributed by atoms with van der Waals surface area (Å²) in [4.78, 5) is 2.27. The molecule has 0 heterocycles. The van der Waals surface area contributed by atoms with Gasteiger partial charge in [0, 0.05) is 21.5 Å². The first-order valence-electron chi connectivity index (χ1n) is 9.23. The minimum atomic E-state index is 1.09. The van der Waals surface area contributed by atoms with Gasteiger partial charge in [-0.2, -0.15) is 0 Å². The number of anilines is 3. The van der Waals surface area contributed by atoms with Crippen molar-refractivity contribution in [1.29, 1.82) is 0 Å². The Balaban J connectivity index is 1.63. The maximum Gasteiger partial charge on any atom is 0.0462 e. The summed E-state index contributed by atoms with van der Waals surface area (Å²) in [6.07, 6.45) is 4.27. The molecule has 0 aliphatic rings. The summed E-state index contributed by atoms with van der Waals surface area (Å²) in [6, 6.07) is 37.8. The molecule has 0 bridgehead atoms. The molecule has 0 saturated heterocycles. The Morgan fingerprint density at radius 3 is 1.61 bits per heavy atom. The van der Waals surface area contributed by atoms with Crippen molar-refractivity contribution < 1.29 is 0 Å². The second-order valence-electron chi connectivity index (χ2n) is 6.49. The standard InChI is InChI=1S/C26H20BrN/c27-23-9-7-8-22(20-23)15-14-21-16-18-26(19-17-21)28(24-10-3-1-4-11-24)25-12-5-2-6-13-25/h1-20H/b15-14+. The second kappa shape index (κ2) is 8.73. The normalized spacial score (nSPS) is 10.9. The van der Waals surface area contributed by atoms with Crippen molar-refractivity contribution in [2.75, 3.05) is 4.90 Å². The molecule has 0 unspecified atom stereocenters. The molecule has 1 nitrogen and oxygen atoms in total. The molecule has 0 amide bonds. The summed E-state index contributed by atoms with van der Waals surface area (Å²) in [7, 11) is 0. The molecule has 0 N–H and O–H groups in total. The highest BCUT2D eigenvalue weighted by Crippen LogP contribution is 2.34. The maximum atomic E-state index is 3.52. The minimum Gasteiger partial charge on any atom is -0.311 e. The van der Waals surface area contributed by atoms with Gasteiger partial charge in [-0.3, -0.25) is 0 Å². The average molecular weight is 426 g/mol. The Morgan fingerprint density at radius 2 is 1.04 bits per heavy atom. The predicted octanol–water partition coefficient (Wildman–Crippen LogP) is 8.09. The highest BCUT2D eigenvalue weighted by molar-refractivity contribution is 9.10. The van der Waals surface area contributed by atoms with Crippen LogP contribution in [0.1, 0.15) is 11.1 Å². The Bertz CT molecular complexity index is 1010. The van der Waals surface area contributed by atoms with Crippen LogP contribution in [0, 0.1) is 0 Å². The highest BCUT2D eigenvalue weighted by Gasteiger charge is 2.11. The number of hydrogen-bond donors (Lipinski definition) is 0. The number of benzene rings is 4. The van der Waals surface area contributed by atoms with Crippen LogP contribution in [0.4, 0.5) is 17.1 Å². The quantitative estimate of drug-likeness (QED) is 0.292. The summed E-state index contributed by atoms with van der Waals surface area (Å²) < 4.78 is 1.09. The van der Waals surface area contributed by atoms with Gasteiger partial charge in [0.05, 0.1) is 0 Å². The number of halogens is 1. The van der Waals surface area contributed by atoms with E-state index in [1.54, 1.807) is 0 Å². The Labute approximate surface area is 174 Å². The van der Waals surface area contributed by atoms with E-state index in [-0.39, 0.29) is 0 Å². The van der Waals surface area contributed by atoms with E-state index in [1.165, 1.54) is 11.1 Å². The lowest BCUT2D eigenvalue weighted by molar-refractivity contribution is 1.28. The van der Waals surface area contributed by atoms with Crippen LogP contribution in [0.2, 0.25) is 0 Å². The molecule has 0 radical (unpaired) electrons. The molecule has 4 aromatic carbocycles. The monoisotopic (exact) mass is 425 g/mol. The molecular weight excluding hydrogens is 406 g/mol. The van der Waals surface area contributed by atoms with E-state index < -0.39 is 0 Å². The van der Waals surface area contributed by atoms with Crippen LogP contribution in [0.5, 0.6) is 0 Å². The summed E-state index contributed by atoms with van der Waals surface area (Å²) in [5.74, 6) is 0. The smallest absolute Gasteiger partial charge is 0.0462 e. The number of para-hydroxylation sites is 2. The Kier molecular flexibility index (Phi) is 5.69. The molecule has 0 saturated carbocycles. The van der Waals surface area contributed by atoms with Gasteiger partial charge in [-0.15, -0.1) is 0 Å². The molecule has 0 aliphatic heterocycles. The van der Waals surface area contributed by atoms with Gasteiger partial charge in [0.2, 0.25) is 0 Å². The first-order valence-corrected chi connectivity index (χ1v) is 10.0. The lowest BCUT2D eigenvalue weighted by Gasteiger charge is -2.25. The SMILES string of the molecule is Brc1cccc(/C=C/c2ccc(N(c3ccccc3)c3ccccc3)cc2)c1. The molecular formula is C26H20BrN. The van der Waals surface area contributed by atoms with Crippen LogP contribution in [-0.4, -0.2) is 0 Å². The van der Waals surface area contributed by atoms with Crippen molar-refractivity contribution in [3.63, 3.8) is 0 Å². The first kappa shape index (κ1) is 18.3. The van der Waals surface area contributed by atoms with Gasteiger partial charge in [-0.25, -0.2) is 0 Å². The van der Waals surface area contributed by atoms with Crippen molar-refractivity contribution in [2.45, 2.75) is 0 Å². The van der Waals surface area contributed by atoms with E-state index in [1.807, 2.05) is 24.3 Å². The lowest BCUT2D eigenvalue weighted by Crippen LogP contribution is -2.09. The summed E-state index contributed by atoms with van der Waals surface area (Å²) >= 11 is 3.52. The van der Waals surface area contributed by atoms with Crippen molar-refractivity contribution in [3.8, 4) is 0 Å². The molecule has 4 rings (SSSR count). The average Bonchev–Trinajstić information content (AvgIpc) is 2.75. The van der Waals surface area contributed by atoms with Crippen LogP contribution < -0.4 is 4.90 Å². The van der Waals surface area contributed by atoms with Gasteiger partial charge in [0.25, 0.3) is 0 Å². The zero-order valence-corrected chi connectivity index (χ0v) is 17.0. The molecule has 0 atom stereocenters. The van der Waals surface area contributed by atoms with Crippen molar-refractivity contribution in [2.24, 2.45) is 0 Å². The summed E-state index contributed by atoms with van der Waals surface area (Å²) in [5.41, 5.74) is 5.77. The zero-order chi connectivity index (χ0) is 19.2. The predicted molar refractivity (Wildman–Crippen MR) is 124 cm³/mol. The third-order valence-electron chi connectivity index (χ3n) is 4.50. The number of nitrogens with zero attached hydrogens (tertiary/aromatic N) is 1. The Morgan fingerprint density at radius 1 is 0.500 bits per heavy atom. The van der Waals surface area contributed by atoms with Crippen LogP contribution in [0.15, 0.2) is 114 Å². The van der Waals surface area contributed by atoms with Gasteiger partial charge < -0.3 is 4.90 Å². The number of hydrogen-bond acceptors (Lipinski definition) is 1. The topological polar surface area (TPSA) is 3.24 Å². The van der Waals surface area contributed by atoms with E-state index in [2.05, 4.69) is 118 Å². The third kappa shape index (κ3) is 4.41. The molecule has 2 heteroatoms. The molecule has 0 fully saturated rings. The Hall–Kier alpha value is -3.10. The van der Waals surface area contributed by atoms with E-state index in [0.717, 1.165) is 21.5 Å². The molecule has 136 valence electrons. The summed E-state index contributed by atoms with van der Waals surface area (Å²) in [6.45, 7) is 0. The van der Waals surface area contributed by atoms with Crippen molar-refractivity contribution in [3.05, 3.63) is 125 Å². The first-order chi connectivity index (χ1) is 13.8. The largest absolute Gasteiger partial charge is 0.311 e. The summed E-state index contributed by atoms with van der Waals surface area (Å²) in [5, 5.41) is 0. The van der Waals surface area contributed by atoms with Crippen molar-refractivity contribution in [1.82, 2.24) is 0 Å². The molecule has 4 aromatic rings. The maximum absolute atomic E-state index is 3.52. The van der Waals surface area contributed by atoms with Gasteiger partial charge in [-0.05, 0) is 59.7 Å².